The first-order valence-corrected chi connectivity index (χ1v) is 6.35. The molecule has 0 spiro atoms. The predicted molar refractivity (Wildman–Crippen MR) is 77.1 cm³/mol. The van der Waals surface area contributed by atoms with Gasteiger partial charge in [0.25, 0.3) is 0 Å². The maximum Gasteiger partial charge on any atom is 0.355 e. The third kappa shape index (κ3) is 1.95. The highest BCUT2D eigenvalue weighted by molar-refractivity contribution is 5.94. The van der Waals surface area contributed by atoms with E-state index in [9.17, 15) is 9.90 Å². The van der Waals surface area contributed by atoms with Gasteiger partial charge in [0, 0.05) is 11.8 Å². The molecule has 20 heavy (non-hydrogen) atoms. The number of fused-ring (bicyclic) bond motifs is 1. The fourth-order valence-corrected chi connectivity index (χ4v) is 2.34. The van der Waals surface area contributed by atoms with Crippen molar-refractivity contribution in [2.24, 2.45) is 0 Å². The molecule has 2 aromatic heterocycles. The van der Waals surface area contributed by atoms with Crippen LogP contribution in [0.1, 0.15) is 21.6 Å². The van der Waals surface area contributed by atoms with E-state index in [0.29, 0.717) is 11.3 Å². The number of imidazole rings is 1. The minimum atomic E-state index is -0.974. The van der Waals surface area contributed by atoms with E-state index in [1.807, 2.05) is 50.2 Å². The van der Waals surface area contributed by atoms with Crippen molar-refractivity contribution in [3.05, 3.63) is 59.4 Å². The average molecular weight is 266 g/mol. The molecule has 0 bridgehead atoms. The molecule has 0 unspecified atom stereocenters. The normalized spacial score (nSPS) is 10.9. The molecule has 0 saturated carbocycles. The smallest absolute Gasteiger partial charge is 0.355 e. The van der Waals surface area contributed by atoms with Gasteiger partial charge in [0.2, 0.25) is 0 Å². The summed E-state index contributed by atoms with van der Waals surface area (Å²) < 4.78 is 1.62. The lowest BCUT2D eigenvalue weighted by molar-refractivity contribution is 0.0690. The molecule has 2 heterocycles. The number of hydrogen-bond acceptors (Lipinski definition) is 2. The summed E-state index contributed by atoms with van der Waals surface area (Å²) in [7, 11) is 0. The summed E-state index contributed by atoms with van der Waals surface area (Å²) in [5.74, 6) is -0.974. The van der Waals surface area contributed by atoms with Crippen molar-refractivity contribution < 1.29 is 9.90 Å². The van der Waals surface area contributed by atoms with Gasteiger partial charge in [0.05, 0.1) is 0 Å². The molecule has 0 aliphatic carbocycles. The van der Waals surface area contributed by atoms with Gasteiger partial charge in [-0.05, 0) is 37.6 Å². The fourth-order valence-electron chi connectivity index (χ4n) is 2.34. The second-order valence-electron chi connectivity index (χ2n) is 4.92. The van der Waals surface area contributed by atoms with E-state index in [2.05, 4.69) is 4.98 Å². The average Bonchev–Trinajstić information content (AvgIpc) is 2.77. The molecule has 0 aliphatic rings. The van der Waals surface area contributed by atoms with Gasteiger partial charge < -0.3 is 5.11 Å². The van der Waals surface area contributed by atoms with Gasteiger partial charge in [-0.15, -0.1) is 0 Å². The molecule has 0 radical (unpaired) electrons. The van der Waals surface area contributed by atoms with Gasteiger partial charge in [-0.1, -0.05) is 23.8 Å². The topological polar surface area (TPSA) is 54.6 Å². The van der Waals surface area contributed by atoms with Gasteiger partial charge in [-0.2, -0.15) is 0 Å². The number of rotatable bonds is 2. The minimum Gasteiger partial charge on any atom is -0.476 e. The number of aromatic carboxylic acids is 1. The van der Waals surface area contributed by atoms with Crippen LogP contribution in [0.2, 0.25) is 0 Å². The Labute approximate surface area is 116 Å². The van der Waals surface area contributed by atoms with Crippen LogP contribution in [-0.2, 0) is 0 Å². The molecular formula is C16H14N2O2. The molecule has 0 amide bonds. The molecule has 0 atom stereocenters. The Morgan fingerprint density at radius 1 is 1.15 bits per heavy atom. The third-order valence-electron chi connectivity index (χ3n) is 3.28. The van der Waals surface area contributed by atoms with Crippen LogP contribution in [0.25, 0.3) is 16.9 Å². The summed E-state index contributed by atoms with van der Waals surface area (Å²) in [5, 5.41) is 9.49. The summed E-state index contributed by atoms with van der Waals surface area (Å²) in [6.45, 7) is 3.94. The van der Waals surface area contributed by atoms with E-state index in [1.165, 1.54) is 0 Å². The lowest BCUT2D eigenvalue weighted by Gasteiger charge is -2.01. The summed E-state index contributed by atoms with van der Waals surface area (Å²) in [4.78, 5) is 16.1. The van der Waals surface area contributed by atoms with Gasteiger partial charge in [-0.25, -0.2) is 9.78 Å². The van der Waals surface area contributed by atoms with Crippen LogP contribution >= 0.6 is 0 Å². The number of carboxylic acids is 1. The highest BCUT2D eigenvalue weighted by Gasteiger charge is 2.19. The number of hydrogen-bond donors (Lipinski definition) is 1. The SMILES string of the molecule is Cc1cccc(-c2nc3cc(C)ccn3c2C(=O)O)c1. The van der Waals surface area contributed by atoms with Crippen LogP contribution in [0.15, 0.2) is 42.6 Å². The number of aromatic nitrogens is 2. The fraction of sp³-hybridized carbons (Fsp3) is 0.125. The van der Waals surface area contributed by atoms with Gasteiger partial charge >= 0.3 is 5.97 Å². The van der Waals surface area contributed by atoms with E-state index in [-0.39, 0.29) is 5.69 Å². The van der Waals surface area contributed by atoms with E-state index >= 15 is 0 Å². The molecule has 3 aromatic rings. The van der Waals surface area contributed by atoms with Crippen LogP contribution < -0.4 is 0 Å². The molecule has 0 saturated heterocycles. The third-order valence-corrected chi connectivity index (χ3v) is 3.28. The Hall–Kier alpha value is -2.62. The van der Waals surface area contributed by atoms with Gasteiger partial charge in [0.15, 0.2) is 5.69 Å². The van der Waals surface area contributed by atoms with Crippen molar-refractivity contribution in [2.75, 3.05) is 0 Å². The number of nitrogens with zero attached hydrogens (tertiary/aromatic N) is 2. The van der Waals surface area contributed by atoms with E-state index in [1.54, 1.807) is 10.6 Å². The quantitative estimate of drug-likeness (QED) is 0.774. The molecule has 1 aromatic carbocycles. The number of carboxylic acid groups (broad SMARTS) is 1. The summed E-state index contributed by atoms with van der Waals surface area (Å²) in [6, 6.07) is 11.5. The highest BCUT2D eigenvalue weighted by Crippen LogP contribution is 2.25. The second-order valence-corrected chi connectivity index (χ2v) is 4.92. The first kappa shape index (κ1) is 12.4. The monoisotopic (exact) mass is 266 g/mol. The zero-order valence-electron chi connectivity index (χ0n) is 11.3. The van der Waals surface area contributed by atoms with Gasteiger partial charge in [-0.3, -0.25) is 4.40 Å². The highest BCUT2D eigenvalue weighted by atomic mass is 16.4. The van der Waals surface area contributed by atoms with E-state index in [4.69, 9.17) is 0 Å². The van der Waals surface area contributed by atoms with Crippen molar-refractivity contribution in [1.29, 1.82) is 0 Å². The number of carbonyl (C=O) groups is 1. The zero-order valence-corrected chi connectivity index (χ0v) is 11.3. The zero-order chi connectivity index (χ0) is 14.3. The van der Waals surface area contributed by atoms with E-state index < -0.39 is 5.97 Å². The molecule has 4 nitrogen and oxygen atoms in total. The van der Waals surface area contributed by atoms with Gasteiger partial charge in [0.1, 0.15) is 11.3 Å². The molecule has 4 heteroatoms. The Balaban J connectivity index is 2.35. The number of benzene rings is 1. The predicted octanol–water partition coefficient (Wildman–Crippen LogP) is 3.32. The van der Waals surface area contributed by atoms with Crippen molar-refractivity contribution in [3.63, 3.8) is 0 Å². The summed E-state index contributed by atoms with van der Waals surface area (Å²) in [6.07, 6.45) is 1.75. The van der Waals surface area contributed by atoms with E-state index in [0.717, 1.165) is 16.7 Å². The van der Waals surface area contributed by atoms with Crippen LogP contribution in [0.5, 0.6) is 0 Å². The Kier molecular flexibility index (Phi) is 2.79. The molecule has 0 fully saturated rings. The standard InChI is InChI=1S/C16H14N2O2/c1-10-4-3-5-12(8-10)14-15(16(19)20)18-7-6-11(2)9-13(18)17-14/h3-9H,1-2H3,(H,19,20). The maximum atomic E-state index is 11.6. The molecule has 0 aliphatic heterocycles. The largest absolute Gasteiger partial charge is 0.476 e. The van der Waals surface area contributed by atoms with Crippen LogP contribution in [0, 0.1) is 13.8 Å². The lowest BCUT2D eigenvalue weighted by Crippen LogP contribution is -2.03. The molecule has 3 rings (SSSR count). The maximum absolute atomic E-state index is 11.6. The molecule has 100 valence electrons. The van der Waals surface area contributed by atoms with Crippen LogP contribution in [0.4, 0.5) is 0 Å². The van der Waals surface area contributed by atoms with Crippen molar-refractivity contribution in [1.82, 2.24) is 9.38 Å². The van der Waals surface area contributed by atoms with Crippen molar-refractivity contribution in [3.8, 4) is 11.3 Å². The van der Waals surface area contributed by atoms with Crippen molar-refractivity contribution >= 4 is 11.6 Å². The first-order valence-electron chi connectivity index (χ1n) is 6.35. The Bertz CT molecular complexity index is 818. The first-order chi connectivity index (χ1) is 9.56. The number of aryl methyl sites for hydroxylation is 2. The molecule has 1 N–H and O–H groups in total. The molecular weight excluding hydrogens is 252 g/mol. The summed E-state index contributed by atoms with van der Waals surface area (Å²) >= 11 is 0. The Morgan fingerprint density at radius 3 is 2.60 bits per heavy atom. The summed E-state index contributed by atoms with van der Waals surface area (Å²) in [5.41, 5.74) is 4.31. The second kappa shape index (κ2) is 4.49. The lowest BCUT2D eigenvalue weighted by atomic mass is 10.1. The van der Waals surface area contributed by atoms with Crippen molar-refractivity contribution in [2.45, 2.75) is 13.8 Å². The van der Waals surface area contributed by atoms with Crippen LogP contribution in [-0.4, -0.2) is 20.5 Å². The number of pyridine rings is 1. The van der Waals surface area contributed by atoms with Crippen LogP contribution in [0.3, 0.4) is 0 Å². The Morgan fingerprint density at radius 2 is 1.90 bits per heavy atom. The minimum absolute atomic E-state index is 0.200.